The van der Waals surface area contributed by atoms with E-state index < -0.39 is 24.3 Å². The number of hydrogen-bond donors (Lipinski definition) is 2. The van der Waals surface area contributed by atoms with Gasteiger partial charge in [0.25, 0.3) is 0 Å². The molecule has 1 fully saturated rings. The zero-order valence-electron chi connectivity index (χ0n) is 17.4. The number of likely N-dealkylation sites (N-methyl/N-ethyl adjacent to an activating group) is 1. The van der Waals surface area contributed by atoms with E-state index in [1.807, 2.05) is 0 Å². The van der Waals surface area contributed by atoms with Crippen molar-refractivity contribution in [1.82, 2.24) is 10.2 Å². The van der Waals surface area contributed by atoms with E-state index in [2.05, 4.69) is 5.32 Å². The summed E-state index contributed by atoms with van der Waals surface area (Å²) in [6, 6.07) is 6.64. The highest BCUT2D eigenvalue weighted by molar-refractivity contribution is 5.94. The van der Waals surface area contributed by atoms with Crippen LogP contribution in [0.15, 0.2) is 42.0 Å². The van der Waals surface area contributed by atoms with Crippen molar-refractivity contribution in [2.24, 2.45) is 0 Å². The molecule has 1 aromatic carbocycles. The minimum Gasteiger partial charge on any atom is -0.456 e. The molecule has 1 aliphatic heterocycles. The fourth-order valence-electron chi connectivity index (χ4n) is 3.26. The van der Waals surface area contributed by atoms with Crippen LogP contribution in [0.4, 0.5) is 0 Å². The Morgan fingerprint density at radius 1 is 1.23 bits per heavy atom. The lowest BCUT2D eigenvalue weighted by atomic mass is 9.91. The summed E-state index contributed by atoms with van der Waals surface area (Å²) in [5.74, 6) is -1.02. The number of amides is 2. The number of aliphatic hydroxyl groups is 1. The molecule has 3 rings (SSSR count). The quantitative estimate of drug-likeness (QED) is 0.478. The van der Waals surface area contributed by atoms with Crippen LogP contribution in [0.3, 0.4) is 0 Å². The van der Waals surface area contributed by atoms with Crippen LogP contribution in [0.5, 0.6) is 0 Å². The summed E-state index contributed by atoms with van der Waals surface area (Å²) in [7, 11) is 3.33. The molecule has 2 N–H and O–H groups in total. The van der Waals surface area contributed by atoms with E-state index in [-0.39, 0.29) is 38.2 Å². The lowest BCUT2D eigenvalue weighted by Crippen LogP contribution is -2.43. The van der Waals surface area contributed by atoms with Crippen molar-refractivity contribution in [3.8, 4) is 0 Å². The lowest BCUT2D eigenvalue weighted by molar-refractivity contribution is -0.123. The third-order valence-corrected chi connectivity index (χ3v) is 4.95. The predicted molar refractivity (Wildman–Crippen MR) is 111 cm³/mol. The number of nitrogens with one attached hydrogen (secondary N) is 1. The SMILES string of the molecule is CN(C)C(=O)C=Cc1ccc(C(=O)O[C@@H]2CC(C(=O)NCCO)=C[C@H]3OCO[C@H]32)cc1. The molecule has 0 unspecified atom stereocenters. The van der Waals surface area contributed by atoms with E-state index in [1.54, 1.807) is 50.5 Å². The van der Waals surface area contributed by atoms with Gasteiger partial charge in [-0.2, -0.15) is 0 Å². The topological polar surface area (TPSA) is 114 Å². The number of esters is 1. The molecule has 1 aromatic rings. The summed E-state index contributed by atoms with van der Waals surface area (Å²) in [6.07, 6.45) is 3.31. The molecule has 1 saturated heterocycles. The van der Waals surface area contributed by atoms with E-state index >= 15 is 0 Å². The summed E-state index contributed by atoms with van der Waals surface area (Å²) in [5.41, 5.74) is 1.53. The summed E-state index contributed by atoms with van der Waals surface area (Å²) in [6.45, 7) is 0.0166. The minimum atomic E-state index is -0.683. The number of fused-ring (bicyclic) bond motifs is 1. The Bertz CT molecular complexity index is 876. The Hall–Kier alpha value is -3.01. The Morgan fingerprint density at radius 2 is 1.97 bits per heavy atom. The first-order chi connectivity index (χ1) is 14.9. The van der Waals surface area contributed by atoms with Crippen molar-refractivity contribution in [3.63, 3.8) is 0 Å². The third kappa shape index (κ3) is 5.78. The Morgan fingerprint density at radius 3 is 2.65 bits per heavy atom. The molecule has 0 radical (unpaired) electrons. The maximum absolute atomic E-state index is 12.7. The van der Waals surface area contributed by atoms with Crippen LogP contribution < -0.4 is 5.32 Å². The second-order valence-electron chi connectivity index (χ2n) is 7.39. The molecule has 0 aromatic heterocycles. The standard InChI is InChI=1S/C22H26N2O7/c1-24(2)19(26)8-5-14-3-6-15(7-4-14)22(28)31-18-12-16(21(27)23-9-10-25)11-17-20(18)30-13-29-17/h3-8,11,17-18,20,25H,9-10,12-13H2,1-2H3,(H,23,27)/t17-,18-,20-/m1/s1. The van der Waals surface area contributed by atoms with Gasteiger partial charge in [0.05, 0.1) is 12.2 Å². The molecule has 9 heteroatoms. The summed E-state index contributed by atoms with van der Waals surface area (Å²) in [4.78, 5) is 38.0. The normalized spacial score (nSPS) is 22.5. The second-order valence-corrected chi connectivity index (χ2v) is 7.39. The van der Waals surface area contributed by atoms with Crippen LogP contribution in [-0.4, -0.2) is 80.1 Å². The smallest absolute Gasteiger partial charge is 0.338 e. The van der Waals surface area contributed by atoms with Gasteiger partial charge in [-0.1, -0.05) is 12.1 Å². The van der Waals surface area contributed by atoms with Crippen LogP contribution in [0.25, 0.3) is 6.08 Å². The van der Waals surface area contributed by atoms with E-state index in [0.29, 0.717) is 11.1 Å². The fourth-order valence-corrected chi connectivity index (χ4v) is 3.26. The van der Waals surface area contributed by atoms with Crippen molar-refractivity contribution < 1.29 is 33.7 Å². The molecule has 0 spiro atoms. The molecule has 1 aliphatic carbocycles. The molecule has 3 atom stereocenters. The van der Waals surface area contributed by atoms with Gasteiger partial charge in [-0.15, -0.1) is 0 Å². The molecule has 166 valence electrons. The number of ether oxygens (including phenoxy) is 3. The van der Waals surface area contributed by atoms with Gasteiger partial charge in [0.15, 0.2) is 0 Å². The molecular formula is C22H26N2O7. The van der Waals surface area contributed by atoms with Crippen LogP contribution in [0, 0.1) is 0 Å². The Labute approximate surface area is 180 Å². The van der Waals surface area contributed by atoms with E-state index in [0.717, 1.165) is 5.56 Å². The van der Waals surface area contributed by atoms with Gasteiger partial charge in [-0.3, -0.25) is 9.59 Å². The highest BCUT2D eigenvalue weighted by Gasteiger charge is 2.42. The van der Waals surface area contributed by atoms with Crippen molar-refractivity contribution in [1.29, 1.82) is 0 Å². The van der Waals surface area contributed by atoms with E-state index in [1.165, 1.54) is 11.0 Å². The Kier molecular flexibility index (Phi) is 7.56. The highest BCUT2D eigenvalue weighted by atomic mass is 16.7. The number of nitrogens with zero attached hydrogens (tertiary/aromatic N) is 1. The summed E-state index contributed by atoms with van der Waals surface area (Å²) >= 11 is 0. The van der Waals surface area contributed by atoms with Gasteiger partial charge < -0.3 is 29.5 Å². The van der Waals surface area contributed by atoms with Crippen LogP contribution in [0.2, 0.25) is 0 Å². The van der Waals surface area contributed by atoms with Gasteiger partial charge in [-0.25, -0.2) is 4.79 Å². The number of carbonyl (C=O) groups is 3. The van der Waals surface area contributed by atoms with Crippen molar-refractivity contribution in [3.05, 3.63) is 53.1 Å². The van der Waals surface area contributed by atoms with Crippen LogP contribution >= 0.6 is 0 Å². The zero-order chi connectivity index (χ0) is 22.4. The summed E-state index contributed by atoms with van der Waals surface area (Å²) in [5, 5.41) is 11.5. The minimum absolute atomic E-state index is 0.0537. The van der Waals surface area contributed by atoms with Crippen molar-refractivity contribution in [2.45, 2.75) is 24.7 Å². The van der Waals surface area contributed by atoms with Gasteiger partial charge in [0.2, 0.25) is 11.8 Å². The molecule has 9 nitrogen and oxygen atoms in total. The maximum Gasteiger partial charge on any atom is 0.338 e. The molecule has 1 heterocycles. The predicted octanol–water partition coefficient (Wildman–Crippen LogP) is 0.494. The van der Waals surface area contributed by atoms with Crippen LogP contribution in [-0.2, 0) is 23.8 Å². The van der Waals surface area contributed by atoms with Crippen LogP contribution in [0.1, 0.15) is 22.3 Å². The Balaban J connectivity index is 1.65. The van der Waals surface area contributed by atoms with Crippen molar-refractivity contribution in [2.75, 3.05) is 34.0 Å². The summed E-state index contributed by atoms with van der Waals surface area (Å²) < 4.78 is 16.7. The van der Waals surface area contributed by atoms with Crippen molar-refractivity contribution >= 4 is 23.9 Å². The van der Waals surface area contributed by atoms with E-state index in [9.17, 15) is 14.4 Å². The monoisotopic (exact) mass is 430 g/mol. The second kappa shape index (κ2) is 10.3. The molecule has 31 heavy (non-hydrogen) atoms. The highest BCUT2D eigenvalue weighted by Crippen LogP contribution is 2.30. The first-order valence-electron chi connectivity index (χ1n) is 9.92. The van der Waals surface area contributed by atoms with Gasteiger partial charge in [0.1, 0.15) is 25.1 Å². The number of benzene rings is 1. The fraction of sp³-hybridized carbons (Fsp3) is 0.409. The van der Waals surface area contributed by atoms with E-state index in [4.69, 9.17) is 19.3 Å². The average Bonchev–Trinajstić information content (AvgIpc) is 3.25. The molecule has 2 aliphatic rings. The first-order valence-corrected chi connectivity index (χ1v) is 9.92. The number of hydrogen-bond acceptors (Lipinski definition) is 7. The van der Waals surface area contributed by atoms with Gasteiger partial charge >= 0.3 is 5.97 Å². The largest absolute Gasteiger partial charge is 0.456 e. The molecule has 0 bridgehead atoms. The number of carbonyl (C=O) groups excluding carboxylic acids is 3. The number of rotatable bonds is 7. The first kappa shape index (κ1) is 22.7. The van der Waals surface area contributed by atoms with Gasteiger partial charge in [-0.05, 0) is 29.8 Å². The molecular weight excluding hydrogens is 404 g/mol. The maximum atomic E-state index is 12.7. The number of aliphatic hydroxyl groups excluding tert-OH is 1. The lowest BCUT2D eigenvalue weighted by Gasteiger charge is -2.30. The average molecular weight is 430 g/mol. The van der Waals surface area contributed by atoms with Gasteiger partial charge in [0, 0.05) is 38.7 Å². The molecule has 0 saturated carbocycles. The third-order valence-electron chi connectivity index (χ3n) is 4.95. The molecule has 2 amide bonds. The zero-order valence-corrected chi connectivity index (χ0v) is 17.4.